The molecule has 6 heteroatoms. The number of hydrogen-bond acceptors (Lipinski definition) is 3. The monoisotopic (exact) mass is 326 g/mol. The third-order valence-corrected chi connectivity index (χ3v) is 4.39. The van der Waals surface area contributed by atoms with Gasteiger partial charge >= 0.3 is 0 Å². The van der Waals surface area contributed by atoms with Crippen LogP contribution in [0.2, 0.25) is 0 Å². The molecule has 0 spiro atoms. The van der Waals surface area contributed by atoms with Crippen molar-refractivity contribution in [2.24, 2.45) is 0 Å². The molecule has 1 N–H and O–H groups in total. The standard InChI is InChI=1S/C18H22N4O2/c1-12-5-4-6-15(9-12)11-21-7-8-22(14(3)17(21)23)18(24)16-10-13(2)19-20-16/h4-6,9-10,14H,7-8,11H2,1-3H3,(H,19,20)/t14-/m0/s1. The van der Waals surface area contributed by atoms with E-state index in [0.29, 0.717) is 25.3 Å². The molecular weight excluding hydrogens is 304 g/mol. The van der Waals surface area contributed by atoms with Gasteiger partial charge in [-0.25, -0.2) is 0 Å². The number of rotatable bonds is 3. The number of benzene rings is 1. The van der Waals surface area contributed by atoms with Crippen LogP contribution in [-0.2, 0) is 11.3 Å². The van der Waals surface area contributed by atoms with Gasteiger partial charge in [0.2, 0.25) is 5.91 Å². The van der Waals surface area contributed by atoms with Crippen LogP contribution in [0.5, 0.6) is 0 Å². The highest BCUT2D eigenvalue weighted by atomic mass is 16.2. The fourth-order valence-corrected chi connectivity index (χ4v) is 3.07. The summed E-state index contributed by atoms with van der Waals surface area (Å²) in [5.74, 6) is -0.223. The highest BCUT2D eigenvalue weighted by Crippen LogP contribution is 2.17. The average molecular weight is 326 g/mol. The maximum atomic E-state index is 12.7. The summed E-state index contributed by atoms with van der Waals surface area (Å²) < 4.78 is 0. The van der Waals surface area contributed by atoms with E-state index >= 15 is 0 Å². The molecule has 2 amide bonds. The minimum atomic E-state index is -0.479. The van der Waals surface area contributed by atoms with Crippen LogP contribution in [0.15, 0.2) is 30.3 Å². The van der Waals surface area contributed by atoms with Crippen molar-refractivity contribution in [2.75, 3.05) is 13.1 Å². The fraction of sp³-hybridized carbons (Fsp3) is 0.389. The van der Waals surface area contributed by atoms with E-state index in [1.54, 1.807) is 17.9 Å². The molecule has 2 aromatic rings. The molecule has 0 radical (unpaired) electrons. The predicted molar refractivity (Wildman–Crippen MR) is 90.4 cm³/mol. The van der Waals surface area contributed by atoms with E-state index in [1.165, 1.54) is 5.56 Å². The Bertz CT molecular complexity index is 768. The van der Waals surface area contributed by atoms with Crippen LogP contribution in [0.1, 0.15) is 34.2 Å². The van der Waals surface area contributed by atoms with Crippen molar-refractivity contribution in [1.29, 1.82) is 0 Å². The summed E-state index contributed by atoms with van der Waals surface area (Å²) in [5, 5.41) is 6.77. The van der Waals surface area contributed by atoms with Gasteiger partial charge in [-0.3, -0.25) is 14.7 Å². The van der Waals surface area contributed by atoms with Crippen molar-refractivity contribution >= 4 is 11.8 Å². The molecule has 1 atom stereocenters. The van der Waals surface area contributed by atoms with E-state index in [4.69, 9.17) is 0 Å². The molecule has 1 aliphatic heterocycles. The first-order valence-corrected chi connectivity index (χ1v) is 8.13. The lowest BCUT2D eigenvalue weighted by molar-refractivity contribution is -0.140. The van der Waals surface area contributed by atoms with E-state index in [0.717, 1.165) is 11.3 Å². The third kappa shape index (κ3) is 3.18. The molecule has 0 aliphatic carbocycles. The summed E-state index contributed by atoms with van der Waals surface area (Å²) in [7, 11) is 0. The quantitative estimate of drug-likeness (QED) is 0.936. The van der Waals surface area contributed by atoms with E-state index in [2.05, 4.69) is 16.3 Å². The lowest BCUT2D eigenvalue weighted by atomic mass is 10.1. The molecule has 1 saturated heterocycles. The molecule has 6 nitrogen and oxygen atoms in total. The molecule has 0 bridgehead atoms. The minimum Gasteiger partial charge on any atom is -0.335 e. The van der Waals surface area contributed by atoms with Gasteiger partial charge in [0.15, 0.2) is 0 Å². The molecule has 24 heavy (non-hydrogen) atoms. The Morgan fingerprint density at radius 1 is 1.29 bits per heavy atom. The normalized spacial score (nSPS) is 18.1. The van der Waals surface area contributed by atoms with Gasteiger partial charge in [-0.15, -0.1) is 0 Å². The third-order valence-electron chi connectivity index (χ3n) is 4.39. The van der Waals surface area contributed by atoms with Gasteiger partial charge in [0, 0.05) is 25.3 Å². The van der Waals surface area contributed by atoms with Crippen LogP contribution < -0.4 is 0 Å². The van der Waals surface area contributed by atoms with Crippen LogP contribution in [-0.4, -0.2) is 50.9 Å². The first kappa shape index (κ1) is 16.2. The van der Waals surface area contributed by atoms with Gasteiger partial charge in [0.05, 0.1) is 0 Å². The number of hydrogen-bond donors (Lipinski definition) is 1. The Kier molecular flexibility index (Phi) is 4.38. The van der Waals surface area contributed by atoms with Gasteiger partial charge in [0.1, 0.15) is 11.7 Å². The second-order valence-corrected chi connectivity index (χ2v) is 6.36. The Labute approximate surface area is 141 Å². The highest BCUT2D eigenvalue weighted by molar-refractivity contribution is 5.96. The molecule has 1 fully saturated rings. The zero-order chi connectivity index (χ0) is 17.3. The summed E-state index contributed by atoms with van der Waals surface area (Å²) >= 11 is 0. The van der Waals surface area contributed by atoms with Crippen molar-refractivity contribution in [2.45, 2.75) is 33.4 Å². The highest BCUT2D eigenvalue weighted by Gasteiger charge is 2.35. The first-order chi connectivity index (χ1) is 11.5. The smallest absolute Gasteiger partial charge is 0.275 e. The molecule has 126 valence electrons. The van der Waals surface area contributed by atoms with Crippen molar-refractivity contribution in [3.05, 3.63) is 52.8 Å². The van der Waals surface area contributed by atoms with Crippen molar-refractivity contribution in [3.8, 4) is 0 Å². The van der Waals surface area contributed by atoms with Gasteiger partial charge in [-0.1, -0.05) is 29.8 Å². The van der Waals surface area contributed by atoms with Gasteiger partial charge in [-0.2, -0.15) is 5.10 Å². The van der Waals surface area contributed by atoms with E-state index in [-0.39, 0.29) is 11.8 Å². The Balaban J connectivity index is 1.70. The number of carbonyl (C=O) groups is 2. The predicted octanol–water partition coefficient (Wildman–Crippen LogP) is 1.90. The van der Waals surface area contributed by atoms with Crippen molar-refractivity contribution in [1.82, 2.24) is 20.0 Å². The number of nitrogens with zero attached hydrogens (tertiary/aromatic N) is 3. The first-order valence-electron chi connectivity index (χ1n) is 8.13. The zero-order valence-electron chi connectivity index (χ0n) is 14.2. The van der Waals surface area contributed by atoms with Gasteiger partial charge < -0.3 is 9.80 Å². The molecule has 0 unspecified atom stereocenters. The van der Waals surface area contributed by atoms with Crippen molar-refractivity contribution in [3.63, 3.8) is 0 Å². The van der Waals surface area contributed by atoms with Crippen LogP contribution in [0, 0.1) is 13.8 Å². The minimum absolute atomic E-state index is 0.0247. The van der Waals surface area contributed by atoms with Crippen LogP contribution in [0.3, 0.4) is 0 Å². The van der Waals surface area contributed by atoms with Crippen molar-refractivity contribution < 1.29 is 9.59 Å². The van der Waals surface area contributed by atoms with Gasteiger partial charge in [0.25, 0.3) is 5.91 Å². The fourth-order valence-electron chi connectivity index (χ4n) is 3.07. The van der Waals surface area contributed by atoms with E-state index in [9.17, 15) is 9.59 Å². The summed E-state index contributed by atoms with van der Waals surface area (Å²) in [4.78, 5) is 28.6. The molecule has 3 rings (SSSR count). The molecular formula is C18H22N4O2. The number of nitrogens with one attached hydrogen (secondary N) is 1. The second-order valence-electron chi connectivity index (χ2n) is 6.36. The summed E-state index contributed by atoms with van der Waals surface area (Å²) in [6.07, 6.45) is 0. The largest absolute Gasteiger partial charge is 0.335 e. The Hall–Kier alpha value is -2.63. The summed E-state index contributed by atoms with van der Waals surface area (Å²) in [6, 6.07) is 9.37. The zero-order valence-corrected chi connectivity index (χ0v) is 14.2. The van der Waals surface area contributed by atoms with E-state index < -0.39 is 6.04 Å². The number of carbonyl (C=O) groups excluding carboxylic acids is 2. The molecule has 1 aromatic heterocycles. The number of aromatic amines is 1. The maximum Gasteiger partial charge on any atom is 0.275 e. The Morgan fingerprint density at radius 2 is 2.08 bits per heavy atom. The second kappa shape index (κ2) is 6.47. The molecule has 1 aliphatic rings. The lowest BCUT2D eigenvalue weighted by Crippen LogP contribution is -2.57. The molecule has 1 aromatic carbocycles. The maximum absolute atomic E-state index is 12.7. The topological polar surface area (TPSA) is 69.3 Å². The SMILES string of the molecule is Cc1cccc(CN2CCN(C(=O)c3cc(C)[nH]n3)[C@@H](C)C2=O)c1. The van der Waals surface area contributed by atoms with Crippen LogP contribution in [0.4, 0.5) is 0 Å². The summed E-state index contributed by atoms with van der Waals surface area (Å²) in [5.41, 5.74) is 3.48. The number of aromatic nitrogens is 2. The van der Waals surface area contributed by atoms with Crippen LogP contribution >= 0.6 is 0 Å². The Morgan fingerprint density at radius 3 is 2.75 bits per heavy atom. The number of aryl methyl sites for hydroxylation is 2. The van der Waals surface area contributed by atoms with Crippen LogP contribution in [0.25, 0.3) is 0 Å². The number of piperazine rings is 1. The van der Waals surface area contributed by atoms with Gasteiger partial charge in [-0.05, 0) is 32.4 Å². The number of amides is 2. The van der Waals surface area contributed by atoms with E-state index in [1.807, 2.05) is 36.9 Å². The molecule has 0 saturated carbocycles. The summed E-state index contributed by atoms with van der Waals surface area (Å²) in [6.45, 7) is 7.29. The lowest BCUT2D eigenvalue weighted by Gasteiger charge is -2.38. The molecule has 2 heterocycles. The average Bonchev–Trinajstić information content (AvgIpc) is 2.98. The number of H-pyrrole nitrogens is 1.